The number of rotatable bonds is 3. The van der Waals surface area contributed by atoms with Gasteiger partial charge >= 0.3 is 7.60 Å². The van der Waals surface area contributed by atoms with Crippen molar-refractivity contribution in [2.45, 2.75) is 31.3 Å². The fourth-order valence-electron chi connectivity index (χ4n) is 1.56. The standard InChI is InChI=1S/C8H15O6P/c1-5-8(13-2)7(9)6(14-5)3-4-15(10,11)12/h3-9H,1-2H3,(H2,10,11,12)/b4-3+/t5-,6+,7-,8?/m0/s1. The first kappa shape index (κ1) is 12.8. The van der Waals surface area contributed by atoms with E-state index in [0.29, 0.717) is 0 Å². The van der Waals surface area contributed by atoms with Crippen LogP contribution in [0.2, 0.25) is 0 Å². The monoisotopic (exact) mass is 238 g/mol. The highest BCUT2D eigenvalue weighted by molar-refractivity contribution is 7.55. The van der Waals surface area contributed by atoms with Crippen molar-refractivity contribution in [1.82, 2.24) is 0 Å². The zero-order valence-corrected chi connectivity index (χ0v) is 9.37. The van der Waals surface area contributed by atoms with Gasteiger partial charge in [-0.15, -0.1) is 0 Å². The molecule has 4 atom stereocenters. The van der Waals surface area contributed by atoms with Gasteiger partial charge < -0.3 is 24.4 Å². The van der Waals surface area contributed by atoms with Crippen LogP contribution in [0.3, 0.4) is 0 Å². The third-order valence-electron chi connectivity index (χ3n) is 2.25. The summed E-state index contributed by atoms with van der Waals surface area (Å²) in [5.41, 5.74) is 0. The van der Waals surface area contributed by atoms with Crippen LogP contribution in [0.5, 0.6) is 0 Å². The topological polar surface area (TPSA) is 96.2 Å². The molecule has 15 heavy (non-hydrogen) atoms. The van der Waals surface area contributed by atoms with E-state index in [1.807, 2.05) is 0 Å². The van der Waals surface area contributed by atoms with Crippen LogP contribution in [0.4, 0.5) is 0 Å². The average Bonchev–Trinajstić information content (AvgIpc) is 2.37. The highest BCUT2D eigenvalue weighted by atomic mass is 31.2. The molecule has 1 aliphatic rings. The molecule has 0 bridgehead atoms. The van der Waals surface area contributed by atoms with E-state index < -0.39 is 25.9 Å². The van der Waals surface area contributed by atoms with Gasteiger partial charge in [0.05, 0.1) is 6.10 Å². The number of ether oxygens (including phenoxy) is 2. The first-order valence-corrected chi connectivity index (χ1v) is 6.14. The lowest BCUT2D eigenvalue weighted by Crippen LogP contribution is -2.32. The predicted octanol–water partition coefficient (Wildman–Crippen LogP) is -0.159. The molecule has 0 amide bonds. The van der Waals surface area contributed by atoms with Crippen molar-refractivity contribution in [2.24, 2.45) is 0 Å². The molecule has 3 N–H and O–H groups in total. The Balaban J connectivity index is 2.67. The van der Waals surface area contributed by atoms with Crippen LogP contribution in [0.15, 0.2) is 11.9 Å². The van der Waals surface area contributed by atoms with E-state index in [0.717, 1.165) is 5.82 Å². The Morgan fingerprint density at radius 3 is 2.47 bits per heavy atom. The highest BCUT2D eigenvalue weighted by Crippen LogP contribution is 2.37. The van der Waals surface area contributed by atoms with Crippen LogP contribution < -0.4 is 0 Å². The van der Waals surface area contributed by atoms with Gasteiger partial charge in [0, 0.05) is 12.9 Å². The molecule has 0 spiro atoms. The normalized spacial score (nSPS) is 37.7. The maximum Gasteiger partial charge on any atom is 0.348 e. The largest absolute Gasteiger partial charge is 0.387 e. The summed E-state index contributed by atoms with van der Waals surface area (Å²) in [4.78, 5) is 17.2. The molecule has 6 nitrogen and oxygen atoms in total. The lowest BCUT2D eigenvalue weighted by Gasteiger charge is -2.14. The Morgan fingerprint density at radius 1 is 1.47 bits per heavy atom. The van der Waals surface area contributed by atoms with Gasteiger partial charge in [-0.1, -0.05) is 0 Å². The van der Waals surface area contributed by atoms with E-state index >= 15 is 0 Å². The molecule has 1 unspecified atom stereocenters. The molecule has 7 heteroatoms. The quantitative estimate of drug-likeness (QED) is 0.591. The molecular formula is C8H15O6P. The van der Waals surface area contributed by atoms with Crippen molar-refractivity contribution < 1.29 is 28.9 Å². The summed E-state index contributed by atoms with van der Waals surface area (Å²) in [5.74, 6) is 0.728. The number of aliphatic hydroxyl groups excluding tert-OH is 1. The van der Waals surface area contributed by atoms with Crippen molar-refractivity contribution in [1.29, 1.82) is 0 Å². The second kappa shape index (κ2) is 4.74. The molecule has 0 aromatic rings. The summed E-state index contributed by atoms with van der Waals surface area (Å²) < 4.78 is 20.8. The Kier molecular flexibility index (Phi) is 4.06. The summed E-state index contributed by atoms with van der Waals surface area (Å²) in [7, 11) is -2.76. The minimum absolute atomic E-state index is 0.309. The van der Waals surface area contributed by atoms with E-state index in [9.17, 15) is 9.67 Å². The summed E-state index contributed by atoms with van der Waals surface area (Å²) >= 11 is 0. The van der Waals surface area contributed by atoms with Crippen LogP contribution in [0.1, 0.15) is 6.92 Å². The minimum atomic E-state index is -4.21. The lowest BCUT2D eigenvalue weighted by molar-refractivity contribution is -0.00362. The third-order valence-corrected chi connectivity index (χ3v) is 2.81. The van der Waals surface area contributed by atoms with Crippen LogP contribution in [-0.2, 0) is 14.0 Å². The van der Waals surface area contributed by atoms with Gasteiger partial charge in [0.25, 0.3) is 0 Å². The van der Waals surface area contributed by atoms with E-state index in [4.69, 9.17) is 19.3 Å². The Labute approximate surface area is 87.7 Å². The van der Waals surface area contributed by atoms with Gasteiger partial charge in [0.2, 0.25) is 0 Å². The Bertz CT molecular complexity index is 285. The van der Waals surface area contributed by atoms with Gasteiger partial charge in [-0.05, 0) is 13.0 Å². The van der Waals surface area contributed by atoms with Crippen molar-refractivity contribution in [3.05, 3.63) is 11.9 Å². The second-order valence-electron chi connectivity index (χ2n) is 3.43. The molecule has 1 rings (SSSR count). The minimum Gasteiger partial charge on any atom is -0.387 e. The molecule has 0 aromatic carbocycles. The van der Waals surface area contributed by atoms with Crippen molar-refractivity contribution in [3.63, 3.8) is 0 Å². The van der Waals surface area contributed by atoms with Crippen LogP contribution >= 0.6 is 7.60 Å². The number of methoxy groups -OCH3 is 1. The zero-order chi connectivity index (χ0) is 11.6. The average molecular weight is 238 g/mol. The van der Waals surface area contributed by atoms with E-state index in [2.05, 4.69) is 0 Å². The molecule has 1 aliphatic heterocycles. The zero-order valence-electron chi connectivity index (χ0n) is 8.48. The second-order valence-corrected chi connectivity index (χ2v) is 4.90. The fourth-order valence-corrected chi connectivity index (χ4v) is 1.95. The van der Waals surface area contributed by atoms with Crippen LogP contribution in [0, 0.1) is 0 Å². The van der Waals surface area contributed by atoms with Crippen molar-refractivity contribution in [2.75, 3.05) is 7.11 Å². The maximum absolute atomic E-state index is 10.6. The molecule has 0 aromatic heterocycles. The molecule has 88 valence electrons. The fraction of sp³-hybridized carbons (Fsp3) is 0.750. The first-order valence-electron chi connectivity index (χ1n) is 4.46. The molecule has 1 saturated heterocycles. The maximum atomic E-state index is 10.6. The summed E-state index contributed by atoms with van der Waals surface area (Å²) in [6.07, 6.45) is -1.26. The Hall–Kier alpha value is -0.230. The molecule has 1 fully saturated rings. The summed E-state index contributed by atoms with van der Waals surface area (Å²) in [6, 6.07) is 0. The number of hydrogen-bond donors (Lipinski definition) is 3. The van der Waals surface area contributed by atoms with Gasteiger partial charge in [0.1, 0.15) is 18.3 Å². The molecule has 1 heterocycles. The Morgan fingerprint density at radius 2 is 2.07 bits per heavy atom. The third kappa shape index (κ3) is 3.38. The first-order chi connectivity index (χ1) is 6.85. The smallest absolute Gasteiger partial charge is 0.348 e. The van der Waals surface area contributed by atoms with Gasteiger partial charge in [-0.3, -0.25) is 4.57 Å². The number of aliphatic hydroxyl groups is 1. The van der Waals surface area contributed by atoms with E-state index in [1.54, 1.807) is 6.92 Å². The summed E-state index contributed by atoms with van der Waals surface area (Å²) in [5, 5.41) is 9.66. The molecule has 0 radical (unpaired) electrons. The van der Waals surface area contributed by atoms with E-state index in [-0.39, 0.29) is 6.10 Å². The highest BCUT2D eigenvalue weighted by Gasteiger charge is 2.40. The molecule has 0 saturated carbocycles. The van der Waals surface area contributed by atoms with Gasteiger partial charge in [-0.2, -0.15) is 0 Å². The van der Waals surface area contributed by atoms with Gasteiger partial charge in [-0.25, -0.2) is 0 Å². The van der Waals surface area contributed by atoms with E-state index in [1.165, 1.54) is 13.2 Å². The SMILES string of the molecule is COC1[C@H](C)O[C@H](/C=C/P(=O)(O)O)[C@@H]1O. The lowest BCUT2D eigenvalue weighted by atomic mass is 10.1. The number of hydrogen-bond acceptors (Lipinski definition) is 4. The van der Waals surface area contributed by atoms with Gasteiger partial charge in [0.15, 0.2) is 0 Å². The van der Waals surface area contributed by atoms with Crippen molar-refractivity contribution >= 4 is 7.60 Å². The van der Waals surface area contributed by atoms with Crippen molar-refractivity contribution in [3.8, 4) is 0 Å². The summed E-state index contributed by atoms with van der Waals surface area (Å²) in [6.45, 7) is 1.72. The predicted molar refractivity (Wildman–Crippen MR) is 52.3 cm³/mol. The van der Waals surface area contributed by atoms with Crippen LogP contribution in [0.25, 0.3) is 0 Å². The molecular weight excluding hydrogens is 223 g/mol. The molecule has 0 aliphatic carbocycles. The van der Waals surface area contributed by atoms with Crippen LogP contribution in [-0.4, -0.2) is 46.4 Å².